The van der Waals surface area contributed by atoms with Gasteiger partial charge in [0.15, 0.2) is 0 Å². The third-order valence-corrected chi connectivity index (χ3v) is 11.9. The monoisotopic (exact) mass is 1010 g/mol. The van der Waals surface area contributed by atoms with Gasteiger partial charge >= 0.3 is 35.8 Å². The van der Waals surface area contributed by atoms with Gasteiger partial charge in [0.05, 0.1) is 77.8 Å². The molecule has 0 aromatic heterocycles. The molecule has 0 aliphatic carbocycles. The molecule has 0 spiro atoms. The van der Waals surface area contributed by atoms with Crippen molar-refractivity contribution in [3.8, 4) is 0 Å². The van der Waals surface area contributed by atoms with Gasteiger partial charge in [0.25, 0.3) is 0 Å². The van der Waals surface area contributed by atoms with Crippen molar-refractivity contribution in [2.45, 2.75) is 58.2 Å². The quantitative estimate of drug-likeness (QED) is 0.0430. The third kappa shape index (κ3) is 14.3. The lowest BCUT2D eigenvalue weighted by molar-refractivity contribution is 0.0516. The summed E-state index contributed by atoms with van der Waals surface area (Å²) < 4.78 is 30.7. The number of hydrogen-bond donors (Lipinski definition) is 0. The number of alkyl halides is 1. The van der Waals surface area contributed by atoms with E-state index in [-0.39, 0.29) is 55.0 Å². The van der Waals surface area contributed by atoms with Gasteiger partial charge in [-0.15, -0.1) is 0 Å². The second-order valence-electron chi connectivity index (χ2n) is 15.4. The second kappa shape index (κ2) is 27.0. The Morgan fingerprint density at radius 3 is 0.571 bits per heavy atom. The molecule has 6 aromatic rings. The summed E-state index contributed by atoms with van der Waals surface area (Å²) in [6, 6.07) is 43.5. The van der Waals surface area contributed by atoms with Gasteiger partial charge in [-0.2, -0.15) is 0 Å². The molecule has 0 bridgehead atoms. The fourth-order valence-corrected chi connectivity index (χ4v) is 8.13. The molecule has 0 N–H and O–H groups in total. The van der Waals surface area contributed by atoms with Gasteiger partial charge < -0.3 is 28.4 Å². The van der Waals surface area contributed by atoms with Crippen LogP contribution >= 0.6 is 15.9 Å². The van der Waals surface area contributed by atoms with E-state index in [0.29, 0.717) is 46.6 Å². The molecule has 0 atom stereocenters. The van der Waals surface area contributed by atoms with Gasteiger partial charge in [-0.25, -0.2) is 28.8 Å². The SMILES string of the molecule is CCOC(=O)c1ccc(C(Br)c2ccc(C(=O)OCC)cc2)cc1.CCOC(=O)c1ccc(C(c2ccc(C(=O)OCC)cc2)C(c2ccc(C(=O)OCC)cc2)c2ccc(C(=O)OCC)cc2)cc1. The number of esters is 6. The zero-order valence-corrected chi connectivity index (χ0v) is 41.7. The van der Waals surface area contributed by atoms with Crippen molar-refractivity contribution < 1.29 is 57.2 Å². The fourth-order valence-electron chi connectivity index (χ4n) is 7.52. The van der Waals surface area contributed by atoms with Gasteiger partial charge in [0, 0.05) is 11.8 Å². The number of benzene rings is 6. The number of halogens is 1. The lowest BCUT2D eigenvalue weighted by atomic mass is 9.73. The molecule has 0 aliphatic rings. The van der Waals surface area contributed by atoms with E-state index in [1.54, 1.807) is 114 Å². The van der Waals surface area contributed by atoms with Gasteiger partial charge in [0.1, 0.15) is 0 Å². The van der Waals surface area contributed by atoms with E-state index in [1.807, 2.05) is 72.8 Å². The summed E-state index contributed by atoms with van der Waals surface area (Å²) in [5.41, 5.74) is 8.35. The van der Waals surface area contributed by atoms with Crippen LogP contribution in [0.2, 0.25) is 0 Å². The summed E-state index contributed by atoms with van der Waals surface area (Å²) in [6.45, 7) is 12.4. The highest BCUT2D eigenvalue weighted by Gasteiger charge is 2.30. The van der Waals surface area contributed by atoms with Crippen LogP contribution in [0.3, 0.4) is 0 Å². The lowest BCUT2D eigenvalue weighted by Gasteiger charge is -2.30. The zero-order valence-electron chi connectivity index (χ0n) is 40.1. The summed E-state index contributed by atoms with van der Waals surface area (Å²) in [5, 5.41) is 0. The minimum absolute atomic E-state index is 0.0370. The van der Waals surface area contributed by atoms with Crippen molar-refractivity contribution in [3.63, 3.8) is 0 Å². The molecule has 0 unspecified atom stereocenters. The largest absolute Gasteiger partial charge is 0.462 e. The van der Waals surface area contributed by atoms with E-state index >= 15 is 0 Å². The molecule has 12 nitrogen and oxygen atoms in total. The molecule has 0 radical (unpaired) electrons. The molecule has 364 valence electrons. The predicted molar refractivity (Wildman–Crippen MR) is 269 cm³/mol. The van der Waals surface area contributed by atoms with Crippen LogP contribution in [0.5, 0.6) is 0 Å². The summed E-state index contributed by atoms with van der Waals surface area (Å²) in [6.07, 6.45) is 0. The third-order valence-electron chi connectivity index (χ3n) is 10.9. The Balaban J connectivity index is 0.000000319. The number of hydrogen-bond acceptors (Lipinski definition) is 12. The Kier molecular flexibility index (Phi) is 20.6. The first kappa shape index (κ1) is 53.6. The van der Waals surface area contributed by atoms with Crippen LogP contribution in [-0.2, 0) is 28.4 Å². The molecule has 6 aromatic carbocycles. The molecule has 6 rings (SSSR count). The highest BCUT2D eigenvalue weighted by molar-refractivity contribution is 9.09. The van der Waals surface area contributed by atoms with Gasteiger partial charge in [-0.05, 0) is 148 Å². The van der Waals surface area contributed by atoms with Crippen molar-refractivity contribution in [3.05, 3.63) is 212 Å². The van der Waals surface area contributed by atoms with Crippen molar-refractivity contribution in [2.75, 3.05) is 39.6 Å². The van der Waals surface area contributed by atoms with Crippen molar-refractivity contribution in [2.24, 2.45) is 0 Å². The van der Waals surface area contributed by atoms with Crippen molar-refractivity contribution >= 4 is 51.7 Å². The topological polar surface area (TPSA) is 158 Å². The summed E-state index contributed by atoms with van der Waals surface area (Å²) in [7, 11) is 0. The number of carbonyl (C=O) groups is 6. The maximum atomic E-state index is 12.5. The van der Waals surface area contributed by atoms with E-state index in [4.69, 9.17) is 28.4 Å². The van der Waals surface area contributed by atoms with Crippen molar-refractivity contribution in [1.82, 2.24) is 0 Å². The van der Waals surface area contributed by atoms with Gasteiger partial charge in [0.2, 0.25) is 0 Å². The minimum Gasteiger partial charge on any atom is -0.462 e. The molecular weight excluding hydrogens is 957 g/mol. The van der Waals surface area contributed by atoms with Crippen LogP contribution < -0.4 is 0 Å². The normalized spacial score (nSPS) is 10.7. The first-order valence-electron chi connectivity index (χ1n) is 23.1. The van der Waals surface area contributed by atoms with Gasteiger partial charge in [-0.3, -0.25) is 0 Å². The van der Waals surface area contributed by atoms with Crippen LogP contribution in [0.1, 0.15) is 154 Å². The molecule has 0 aliphatic heterocycles. The van der Waals surface area contributed by atoms with Crippen LogP contribution in [-0.4, -0.2) is 75.5 Å². The molecule has 13 heteroatoms. The van der Waals surface area contributed by atoms with Crippen LogP contribution in [0.25, 0.3) is 0 Å². The molecular formula is C57H57BrO12. The van der Waals surface area contributed by atoms with E-state index in [9.17, 15) is 28.8 Å². The Morgan fingerprint density at radius 1 is 0.286 bits per heavy atom. The second-order valence-corrected chi connectivity index (χ2v) is 16.3. The maximum Gasteiger partial charge on any atom is 0.338 e. The van der Waals surface area contributed by atoms with Gasteiger partial charge in [-0.1, -0.05) is 88.7 Å². The summed E-state index contributed by atoms with van der Waals surface area (Å²) >= 11 is 3.65. The maximum absolute atomic E-state index is 12.5. The first-order valence-corrected chi connectivity index (χ1v) is 24.1. The van der Waals surface area contributed by atoms with Crippen LogP contribution in [0, 0.1) is 0 Å². The number of ether oxygens (including phenoxy) is 6. The average molecular weight is 1010 g/mol. The van der Waals surface area contributed by atoms with E-state index in [1.165, 1.54) is 0 Å². The van der Waals surface area contributed by atoms with Crippen LogP contribution in [0.15, 0.2) is 146 Å². The lowest BCUT2D eigenvalue weighted by Crippen LogP contribution is -2.16. The molecule has 0 heterocycles. The predicted octanol–water partition coefficient (Wildman–Crippen LogP) is 11.9. The standard InChI is InChI=1S/C38H38O8.C19H19BrO4/c1-5-43-35(39)29-17-9-25(10-18-29)33(26-11-19-30(20-12-26)36(40)44-6-2)34(27-13-21-31(22-14-27)37(41)45-7-3)28-15-23-32(24-16-28)38(42)46-8-4;1-3-23-18(21)15-9-5-13(6-10-15)17(20)14-7-11-16(12-8-14)19(22)24-4-2/h9-24,33-34H,5-8H2,1-4H3;5-12,17H,3-4H2,1-2H3. The molecule has 0 saturated heterocycles. The Bertz CT molecular complexity index is 2350. The molecule has 0 fully saturated rings. The molecule has 0 amide bonds. The average Bonchev–Trinajstić information content (AvgIpc) is 3.38. The zero-order chi connectivity index (χ0) is 50.6. The summed E-state index contributed by atoms with van der Waals surface area (Å²) in [4.78, 5) is 73.1. The molecule has 0 saturated carbocycles. The highest BCUT2D eigenvalue weighted by Crippen LogP contribution is 2.43. The summed E-state index contributed by atoms with van der Waals surface area (Å²) in [5.74, 6) is -2.95. The number of carbonyl (C=O) groups excluding carboxylic acids is 6. The van der Waals surface area contributed by atoms with Crippen LogP contribution in [0.4, 0.5) is 0 Å². The highest BCUT2D eigenvalue weighted by atomic mass is 79.9. The smallest absolute Gasteiger partial charge is 0.338 e. The molecule has 70 heavy (non-hydrogen) atoms. The Hall–Kier alpha value is -7.38. The van der Waals surface area contributed by atoms with E-state index < -0.39 is 23.9 Å². The Labute approximate surface area is 417 Å². The Morgan fingerprint density at radius 2 is 0.429 bits per heavy atom. The van der Waals surface area contributed by atoms with E-state index in [0.717, 1.165) is 33.4 Å². The van der Waals surface area contributed by atoms with Crippen molar-refractivity contribution in [1.29, 1.82) is 0 Å². The first-order chi connectivity index (χ1) is 33.9. The minimum atomic E-state index is -0.412. The number of rotatable bonds is 19. The fraction of sp³-hybridized carbons (Fsp3) is 0.263. The van der Waals surface area contributed by atoms with E-state index in [2.05, 4.69) is 15.9 Å².